The lowest BCUT2D eigenvalue weighted by Gasteiger charge is -2.20. The number of nitrogens with zero attached hydrogens (tertiary/aromatic N) is 2. The molecule has 0 aliphatic carbocycles. The number of hydrogen-bond acceptors (Lipinski definition) is 4. The smallest absolute Gasteiger partial charge is 0.306 e. The maximum Gasteiger partial charge on any atom is 0.306 e. The SMILES string of the molecule is CC=CCCN(C(=O)CC(C)C(=O)O)c1nc2c(F)c(F)cc(F)c2s1. The van der Waals surface area contributed by atoms with Gasteiger partial charge in [0.05, 0.1) is 10.6 Å². The zero-order valence-corrected chi connectivity index (χ0v) is 14.9. The van der Waals surface area contributed by atoms with Gasteiger partial charge in [-0.3, -0.25) is 14.5 Å². The number of carboxylic acid groups (broad SMARTS) is 1. The number of benzene rings is 1. The first-order valence-electron chi connectivity index (χ1n) is 7.84. The molecule has 2 aromatic rings. The molecule has 0 saturated carbocycles. The fraction of sp³-hybridized carbons (Fsp3) is 0.353. The number of thiazole rings is 1. The molecular formula is C17H17F3N2O3S. The number of halogens is 3. The van der Waals surface area contributed by atoms with E-state index in [0.29, 0.717) is 12.5 Å². The van der Waals surface area contributed by atoms with Crippen LogP contribution in [0, 0.1) is 23.4 Å². The van der Waals surface area contributed by atoms with Crippen LogP contribution in [0.5, 0.6) is 0 Å². The molecule has 0 saturated heterocycles. The fourth-order valence-electron chi connectivity index (χ4n) is 2.24. The predicted octanol–water partition coefficient (Wildman–Crippen LogP) is 4.12. The Bertz CT molecular complexity index is 867. The van der Waals surface area contributed by atoms with Crippen molar-refractivity contribution in [3.63, 3.8) is 0 Å². The lowest BCUT2D eigenvalue weighted by Crippen LogP contribution is -2.33. The molecule has 0 aliphatic rings. The monoisotopic (exact) mass is 386 g/mol. The lowest BCUT2D eigenvalue weighted by molar-refractivity contribution is -0.143. The summed E-state index contributed by atoms with van der Waals surface area (Å²) >= 11 is 0.718. The van der Waals surface area contributed by atoms with Crippen LogP contribution >= 0.6 is 11.3 Å². The molecule has 1 heterocycles. The summed E-state index contributed by atoms with van der Waals surface area (Å²) in [7, 11) is 0. The Kier molecular flexibility index (Phi) is 6.36. The van der Waals surface area contributed by atoms with Crippen LogP contribution in [0.25, 0.3) is 10.2 Å². The standard InChI is InChI=1S/C17H17F3N2O3S/c1-3-4-5-6-22(12(23)7-9(2)16(24)25)17-21-14-13(20)10(18)8-11(19)15(14)26-17/h3-4,8-9H,5-7H2,1-2H3,(H,24,25). The quantitative estimate of drug-likeness (QED) is 0.574. The summed E-state index contributed by atoms with van der Waals surface area (Å²) < 4.78 is 41.0. The summed E-state index contributed by atoms with van der Waals surface area (Å²) in [6.45, 7) is 3.34. The minimum Gasteiger partial charge on any atom is -0.481 e. The Labute approximate surface area is 151 Å². The molecule has 1 amide bonds. The summed E-state index contributed by atoms with van der Waals surface area (Å²) in [5, 5.41) is 8.98. The van der Waals surface area contributed by atoms with Gasteiger partial charge in [-0.25, -0.2) is 18.2 Å². The first kappa shape index (κ1) is 19.9. The van der Waals surface area contributed by atoms with Crippen molar-refractivity contribution in [2.24, 2.45) is 5.92 Å². The zero-order chi connectivity index (χ0) is 19.4. The average molecular weight is 386 g/mol. The average Bonchev–Trinajstić information content (AvgIpc) is 3.02. The van der Waals surface area contributed by atoms with Crippen LogP contribution in [0.1, 0.15) is 26.7 Å². The molecule has 140 valence electrons. The highest BCUT2D eigenvalue weighted by Gasteiger charge is 2.26. The second-order valence-electron chi connectivity index (χ2n) is 5.67. The van der Waals surface area contributed by atoms with E-state index in [0.717, 1.165) is 11.3 Å². The van der Waals surface area contributed by atoms with Gasteiger partial charge in [0, 0.05) is 19.0 Å². The third kappa shape index (κ3) is 4.21. The normalized spacial score (nSPS) is 12.7. The Morgan fingerprint density at radius 3 is 2.65 bits per heavy atom. The minimum atomic E-state index is -1.36. The predicted molar refractivity (Wildman–Crippen MR) is 92.7 cm³/mol. The van der Waals surface area contributed by atoms with Gasteiger partial charge in [-0.1, -0.05) is 30.4 Å². The topological polar surface area (TPSA) is 70.5 Å². The van der Waals surface area contributed by atoms with Gasteiger partial charge in [0.15, 0.2) is 16.8 Å². The zero-order valence-electron chi connectivity index (χ0n) is 14.1. The van der Waals surface area contributed by atoms with E-state index in [1.54, 1.807) is 19.1 Å². The number of carboxylic acids is 1. The molecule has 0 bridgehead atoms. The Morgan fingerprint density at radius 2 is 2.04 bits per heavy atom. The van der Waals surface area contributed by atoms with Gasteiger partial charge in [0.2, 0.25) is 5.91 Å². The van der Waals surface area contributed by atoms with Crippen molar-refractivity contribution in [2.45, 2.75) is 26.7 Å². The van der Waals surface area contributed by atoms with Gasteiger partial charge in [-0.15, -0.1) is 0 Å². The van der Waals surface area contributed by atoms with Crippen LogP contribution in [0.2, 0.25) is 0 Å². The summed E-state index contributed by atoms with van der Waals surface area (Å²) in [5.41, 5.74) is -0.488. The summed E-state index contributed by atoms with van der Waals surface area (Å²) in [5.74, 6) is -6.21. The van der Waals surface area contributed by atoms with Gasteiger partial charge in [-0.2, -0.15) is 0 Å². The molecule has 1 unspecified atom stereocenters. The molecule has 0 radical (unpaired) electrons. The van der Waals surface area contributed by atoms with Crippen molar-refractivity contribution in [1.82, 2.24) is 4.98 Å². The van der Waals surface area contributed by atoms with Crippen LogP contribution in [0.4, 0.5) is 18.3 Å². The van der Waals surface area contributed by atoms with Crippen molar-refractivity contribution in [3.05, 3.63) is 35.7 Å². The van der Waals surface area contributed by atoms with Crippen molar-refractivity contribution in [3.8, 4) is 0 Å². The van der Waals surface area contributed by atoms with E-state index in [9.17, 15) is 22.8 Å². The number of aromatic nitrogens is 1. The van der Waals surface area contributed by atoms with Crippen LogP contribution in [0.3, 0.4) is 0 Å². The number of aliphatic carboxylic acids is 1. The number of allylic oxidation sites excluding steroid dienone is 1. The molecule has 9 heteroatoms. The van der Waals surface area contributed by atoms with Crippen molar-refractivity contribution < 1.29 is 27.9 Å². The third-order valence-electron chi connectivity index (χ3n) is 3.69. The second kappa shape index (κ2) is 8.31. The van der Waals surface area contributed by atoms with E-state index in [2.05, 4.69) is 4.98 Å². The lowest BCUT2D eigenvalue weighted by atomic mass is 10.1. The van der Waals surface area contributed by atoms with E-state index >= 15 is 0 Å². The second-order valence-corrected chi connectivity index (χ2v) is 6.65. The largest absolute Gasteiger partial charge is 0.481 e. The van der Waals surface area contributed by atoms with Gasteiger partial charge in [0.25, 0.3) is 0 Å². The Hall–Kier alpha value is -2.42. The number of amides is 1. The number of fused-ring (bicyclic) bond motifs is 1. The molecule has 1 N–H and O–H groups in total. The van der Waals surface area contributed by atoms with E-state index in [1.165, 1.54) is 11.8 Å². The van der Waals surface area contributed by atoms with Crippen LogP contribution < -0.4 is 4.90 Å². The molecule has 0 aliphatic heterocycles. The maximum atomic E-state index is 13.9. The number of anilines is 1. The highest BCUT2D eigenvalue weighted by Crippen LogP contribution is 2.34. The van der Waals surface area contributed by atoms with E-state index in [-0.39, 0.29) is 22.8 Å². The minimum absolute atomic E-state index is 0.00417. The first-order chi connectivity index (χ1) is 12.3. The van der Waals surface area contributed by atoms with Gasteiger partial charge in [-0.05, 0) is 13.3 Å². The maximum absolute atomic E-state index is 13.9. The van der Waals surface area contributed by atoms with Crippen molar-refractivity contribution in [2.75, 3.05) is 11.4 Å². The van der Waals surface area contributed by atoms with Crippen molar-refractivity contribution >= 4 is 38.6 Å². The highest BCUT2D eigenvalue weighted by atomic mass is 32.1. The van der Waals surface area contributed by atoms with Gasteiger partial charge in [0.1, 0.15) is 11.3 Å². The van der Waals surface area contributed by atoms with Gasteiger partial charge >= 0.3 is 5.97 Å². The molecule has 0 spiro atoms. The first-order valence-corrected chi connectivity index (χ1v) is 8.66. The fourth-order valence-corrected chi connectivity index (χ4v) is 3.26. The molecule has 1 aromatic carbocycles. The molecular weight excluding hydrogens is 369 g/mol. The number of rotatable bonds is 7. The third-order valence-corrected chi connectivity index (χ3v) is 4.78. The van der Waals surface area contributed by atoms with Crippen LogP contribution in [-0.4, -0.2) is 28.5 Å². The Balaban J connectivity index is 2.42. The van der Waals surface area contributed by atoms with Crippen LogP contribution in [0.15, 0.2) is 18.2 Å². The number of carbonyl (C=O) groups is 2. The van der Waals surface area contributed by atoms with E-state index < -0.39 is 40.8 Å². The molecule has 1 atom stereocenters. The summed E-state index contributed by atoms with van der Waals surface area (Å²) in [6.07, 6.45) is 3.71. The van der Waals surface area contributed by atoms with Gasteiger partial charge < -0.3 is 5.11 Å². The summed E-state index contributed by atoms with van der Waals surface area (Å²) in [6, 6.07) is 0.429. The molecule has 0 fully saturated rings. The molecule has 26 heavy (non-hydrogen) atoms. The summed E-state index contributed by atoms with van der Waals surface area (Å²) in [4.78, 5) is 28.6. The van der Waals surface area contributed by atoms with Crippen molar-refractivity contribution in [1.29, 1.82) is 0 Å². The van der Waals surface area contributed by atoms with E-state index in [1.807, 2.05) is 0 Å². The molecule has 5 nitrogen and oxygen atoms in total. The Morgan fingerprint density at radius 1 is 1.35 bits per heavy atom. The highest BCUT2D eigenvalue weighted by molar-refractivity contribution is 7.22. The number of carbonyl (C=O) groups excluding carboxylic acids is 1. The molecule has 1 aromatic heterocycles. The molecule has 2 rings (SSSR count). The van der Waals surface area contributed by atoms with Crippen LogP contribution in [-0.2, 0) is 9.59 Å². The van der Waals surface area contributed by atoms with E-state index in [4.69, 9.17) is 5.11 Å². The number of hydrogen-bond donors (Lipinski definition) is 1.